The number of methoxy groups -OCH3 is 1. The molecule has 0 unspecified atom stereocenters. The molecule has 138 valence electrons. The van der Waals surface area contributed by atoms with Crippen LogP contribution in [-0.2, 0) is 0 Å². The first-order valence-corrected chi connectivity index (χ1v) is 8.83. The number of nitrogens with zero attached hydrogens (tertiary/aromatic N) is 2. The van der Waals surface area contributed by atoms with Crippen molar-refractivity contribution in [1.82, 2.24) is 9.80 Å². The summed E-state index contributed by atoms with van der Waals surface area (Å²) in [7, 11) is 5.64. The molecule has 4 nitrogen and oxygen atoms in total. The summed E-state index contributed by atoms with van der Waals surface area (Å²) in [5.41, 5.74) is 1.35. The molecule has 0 bridgehead atoms. The fraction of sp³-hybridized carbons (Fsp3) is 0.350. The van der Waals surface area contributed by atoms with Crippen LogP contribution in [0.15, 0.2) is 42.5 Å². The van der Waals surface area contributed by atoms with Gasteiger partial charge in [0, 0.05) is 25.0 Å². The number of likely N-dealkylation sites (N-methyl/N-ethyl adjacent to an activating group) is 1. The number of hydrogen-bond acceptors (Lipinski definition) is 3. The number of hydrogen-bond donors (Lipinski definition) is 0. The van der Waals surface area contributed by atoms with Crippen molar-refractivity contribution < 1.29 is 13.9 Å². The monoisotopic (exact) mass is 376 g/mol. The number of amides is 1. The summed E-state index contributed by atoms with van der Waals surface area (Å²) >= 11 is 6.12. The molecule has 1 aliphatic rings. The van der Waals surface area contributed by atoms with E-state index in [4.69, 9.17) is 16.3 Å². The predicted molar refractivity (Wildman–Crippen MR) is 101 cm³/mol. The quantitative estimate of drug-likeness (QED) is 0.816. The van der Waals surface area contributed by atoms with Gasteiger partial charge in [0.15, 0.2) is 0 Å². The first-order valence-electron chi connectivity index (χ1n) is 8.45. The minimum absolute atomic E-state index is 0.159. The average molecular weight is 377 g/mol. The van der Waals surface area contributed by atoms with Gasteiger partial charge in [-0.2, -0.15) is 0 Å². The zero-order valence-corrected chi connectivity index (χ0v) is 15.8. The van der Waals surface area contributed by atoms with E-state index < -0.39 is 5.82 Å². The predicted octanol–water partition coefficient (Wildman–Crippen LogP) is 3.66. The summed E-state index contributed by atoms with van der Waals surface area (Å²) < 4.78 is 18.8. The molecule has 0 aromatic heterocycles. The Morgan fingerprint density at radius 2 is 1.88 bits per heavy atom. The lowest BCUT2D eigenvalue weighted by Crippen LogP contribution is -2.36. The van der Waals surface area contributed by atoms with Crippen molar-refractivity contribution in [3.8, 4) is 5.75 Å². The molecule has 6 heteroatoms. The van der Waals surface area contributed by atoms with Crippen molar-refractivity contribution in [2.75, 3.05) is 34.3 Å². The molecule has 2 aromatic carbocycles. The highest BCUT2D eigenvalue weighted by Crippen LogP contribution is 2.33. The summed E-state index contributed by atoms with van der Waals surface area (Å²) in [5.74, 6) is 0.255. The number of benzene rings is 2. The zero-order chi connectivity index (χ0) is 18.8. The van der Waals surface area contributed by atoms with Gasteiger partial charge in [-0.3, -0.25) is 4.79 Å². The fourth-order valence-electron chi connectivity index (χ4n) is 3.49. The molecule has 0 saturated carbocycles. The van der Waals surface area contributed by atoms with Gasteiger partial charge in [0.25, 0.3) is 5.91 Å². The Kier molecular flexibility index (Phi) is 5.49. The number of rotatable bonds is 4. The summed E-state index contributed by atoms with van der Waals surface area (Å²) in [5, 5.41) is 0.269. The molecule has 2 aromatic rings. The van der Waals surface area contributed by atoms with Crippen molar-refractivity contribution >= 4 is 17.5 Å². The Morgan fingerprint density at radius 1 is 1.19 bits per heavy atom. The Bertz CT molecular complexity index is 795. The summed E-state index contributed by atoms with van der Waals surface area (Å²) in [6.07, 6.45) is 0. The summed E-state index contributed by atoms with van der Waals surface area (Å²) in [6.45, 7) is 1.12. The van der Waals surface area contributed by atoms with E-state index in [2.05, 4.69) is 4.90 Å². The van der Waals surface area contributed by atoms with Crippen molar-refractivity contribution in [3.63, 3.8) is 0 Å². The highest BCUT2D eigenvalue weighted by atomic mass is 35.5. The van der Waals surface area contributed by atoms with Crippen molar-refractivity contribution in [2.24, 2.45) is 0 Å². The van der Waals surface area contributed by atoms with Crippen LogP contribution in [0.3, 0.4) is 0 Å². The number of halogens is 2. The molecule has 2 atom stereocenters. The third kappa shape index (κ3) is 3.69. The van der Waals surface area contributed by atoms with Crippen molar-refractivity contribution in [3.05, 3.63) is 64.4 Å². The first-order chi connectivity index (χ1) is 12.4. The van der Waals surface area contributed by atoms with Crippen LogP contribution in [0.1, 0.15) is 21.8 Å². The van der Waals surface area contributed by atoms with Gasteiger partial charge in [-0.1, -0.05) is 23.7 Å². The Hall–Kier alpha value is -2.11. The SMILES string of the molecule is COc1ccc([C@@H]2CN(C(=O)c3cc(F)ccc3Cl)C[C@H]2N(C)C)cc1. The molecule has 1 saturated heterocycles. The lowest BCUT2D eigenvalue weighted by Gasteiger charge is -2.25. The Labute approximate surface area is 158 Å². The van der Waals surface area contributed by atoms with Crippen molar-refractivity contribution in [2.45, 2.75) is 12.0 Å². The third-order valence-corrected chi connectivity index (χ3v) is 5.27. The van der Waals surface area contributed by atoms with Crippen LogP contribution in [0.25, 0.3) is 0 Å². The smallest absolute Gasteiger partial charge is 0.255 e. The van der Waals surface area contributed by atoms with Crippen LogP contribution in [0, 0.1) is 5.82 Å². The van der Waals surface area contributed by atoms with Crippen LogP contribution in [0.2, 0.25) is 5.02 Å². The van der Waals surface area contributed by atoms with Gasteiger partial charge in [-0.05, 0) is 50.0 Å². The van der Waals surface area contributed by atoms with E-state index in [0.29, 0.717) is 13.1 Å². The standard InChI is InChI=1S/C20H22ClFN2O2/c1-23(2)19-12-24(20(25)16-10-14(22)6-9-18(16)21)11-17(19)13-4-7-15(26-3)8-5-13/h4-10,17,19H,11-12H2,1-3H3/t17-,19+/m0/s1. The molecular formula is C20H22ClFN2O2. The largest absolute Gasteiger partial charge is 0.497 e. The van der Waals surface area contributed by atoms with E-state index in [-0.39, 0.29) is 28.5 Å². The molecule has 0 N–H and O–H groups in total. The fourth-order valence-corrected chi connectivity index (χ4v) is 3.68. The van der Waals surface area contributed by atoms with E-state index >= 15 is 0 Å². The maximum atomic E-state index is 13.6. The number of carbonyl (C=O) groups is 1. The first kappa shape index (κ1) is 18.7. The lowest BCUT2D eigenvalue weighted by atomic mass is 9.93. The molecule has 26 heavy (non-hydrogen) atoms. The van der Waals surface area contributed by atoms with Gasteiger partial charge in [0.05, 0.1) is 17.7 Å². The summed E-state index contributed by atoms with van der Waals surface area (Å²) in [4.78, 5) is 16.8. The van der Waals surface area contributed by atoms with Gasteiger partial charge in [0.2, 0.25) is 0 Å². The molecule has 0 spiro atoms. The molecule has 1 amide bonds. The molecule has 1 heterocycles. The normalized spacial score (nSPS) is 19.8. The molecule has 1 aliphatic heterocycles. The van der Waals surface area contributed by atoms with E-state index in [1.54, 1.807) is 12.0 Å². The minimum atomic E-state index is -0.465. The van der Waals surface area contributed by atoms with Gasteiger partial charge < -0.3 is 14.5 Å². The number of carbonyl (C=O) groups excluding carboxylic acids is 1. The molecule has 0 radical (unpaired) electrons. The second-order valence-electron chi connectivity index (χ2n) is 6.74. The van der Waals surface area contributed by atoms with E-state index in [9.17, 15) is 9.18 Å². The highest BCUT2D eigenvalue weighted by molar-refractivity contribution is 6.33. The lowest BCUT2D eigenvalue weighted by molar-refractivity contribution is 0.0782. The molecule has 0 aliphatic carbocycles. The maximum absolute atomic E-state index is 13.6. The van der Waals surface area contributed by atoms with Crippen LogP contribution in [-0.4, -0.2) is 56.0 Å². The topological polar surface area (TPSA) is 32.8 Å². The van der Waals surface area contributed by atoms with Gasteiger partial charge in [0.1, 0.15) is 11.6 Å². The maximum Gasteiger partial charge on any atom is 0.255 e. The van der Waals surface area contributed by atoms with Crippen LogP contribution >= 0.6 is 11.6 Å². The van der Waals surface area contributed by atoms with Crippen molar-refractivity contribution in [1.29, 1.82) is 0 Å². The zero-order valence-electron chi connectivity index (χ0n) is 15.1. The average Bonchev–Trinajstić information content (AvgIpc) is 3.09. The van der Waals surface area contributed by atoms with E-state index in [0.717, 1.165) is 11.3 Å². The number of ether oxygens (including phenoxy) is 1. The van der Waals surface area contributed by atoms with Crippen LogP contribution in [0.5, 0.6) is 5.75 Å². The molecular weight excluding hydrogens is 355 g/mol. The minimum Gasteiger partial charge on any atom is -0.497 e. The third-order valence-electron chi connectivity index (χ3n) is 4.94. The van der Waals surface area contributed by atoms with E-state index in [1.165, 1.54) is 18.2 Å². The number of likely N-dealkylation sites (tertiary alicyclic amines) is 1. The second-order valence-corrected chi connectivity index (χ2v) is 7.15. The second kappa shape index (κ2) is 7.64. The van der Waals surface area contributed by atoms with Gasteiger partial charge >= 0.3 is 0 Å². The molecule has 3 rings (SSSR count). The van der Waals surface area contributed by atoms with Gasteiger partial charge in [-0.25, -0.2) is 4.39 Å². The Balaban J connectivity index is 1.86. The highest BCUT2D eigenvalue weighted by Gasteiger charge is 2.38. The van der Waals surface area contributed by atoms with Gasteiger partial charge in [-0.15, -0.1) is 0 Å². The van der Waals surface area contributed by atoms with Crippen LogP contribution < -0.4 is 4.74 Å². The van der Waals surface area contributed by atoms with E-state index in [1.807, 2.05) is 38.4 Å². The Morgan fingerprint density at radius 3 is 2.50 bits per heavy atom. The molecule has 1 fully saturated rings. The summed E-state index contributed by atoms with van der Waals surface area (Å²) in [6, 6.07) is 12.0. The van der Waals surface area contributed by atoms with Crippen LogP contribution in [0.4, 0.5) is 4.39 Å².